The summed E-state index contributed by atoms with van der Waals surface area (Å²) in [6, 6.07) is 33.8. The summed E-state index contributed by atoms with van der Waals surface area (Å²) in [5, 5.41) is 7.62. The zero-order chi connectivity index (χ0) is 30.8. The Labute approximate surface area is 269 Å². The molecule has 2 aromatic heterocycles. The zero-order valence-corrected chi connectivity index (χ0v) is 25.8. The number of rotatable bonds is 5. The van der Waals surface area contributed by atoms with E-state index in [1.54, 1.807) is 0 Å². The number of aryl methyl sites for hydroxylation is 2. The lowest BCUT2D eigenvalue weighted by Crippen LogP contribution is -2.07. The Balaban J connectivity index is 1.52. The van der Waals surface area contributed by atoms with E-state index in [2.05, 4.69) is 138 Å². The van der Waals surface area contributed by atoms with Crippen LogP contribution in [0.1, 0.15) is 40.9 Å². The van der Waals surface area contributed by atoms with E-state index in [0.717, 1.165) is 36.8 Å². The Kier molecular flexibility index (Phi) is 6.11. The lowest BCUT2D eigenvalue weighted by Gasteiger charge is -2.23. The maximum Gasteiger partial charge on any atom is 0.0620 e. The van der Waals surface area contributed by atoms with Gasteiger partial charge in [0.05, 0.1) is 22.4 Å². The molecule has 220 valence electrons. The maximum absolute atomic E-state index is 4.16. The molecule has 46 heavy (non-hydrogen) atoms. The van der Waals surface area contributed by atoms with Crippen LogP contribution < -0.4 is 0 Å². The third-order valence-electron chi connectivity index (χ3n) is 9.98. The third-order valence-corrected chi connectivity index (χ3v) is 9.98. The van der Waals surface area contributed by atoms with Crippen molar-refractivity contribution in [1.29, 1.82) is 0 Å². The molecular weight excluding hydrogens is 556 g/mol. The van der Waals surface area contributed by atoms with Crippen LogP contribution in [-0.2, 0) is 12.8 Å². The fourth-order valence-corrected chi connectivity index (χ4v) is 8.06. The molecule has 2 aliphatic rings. The summed E-state index contributed by atoms with van der Waals surface area (Å²) in [7, 11) is 0. The van der Waals surface area contributed by atoms with Crippen LogP contribution in [0.2, 0.25) is 0 Å². The maximum atomic E-state index is 4.16. The van der Waals surface area contributed by atoms with Crippen LogP contribution in [0, 0.1) is 0 Å². The van der Waals surface area contributed by atoms with E-state index in [1.807, 2.05) is 18.2 Å². The minimum Gasteiger partial charge on any atom is -0.308 e. The second-order valence-corrected chi connectivity index (χ2v) is 12.4. The van der Waals surface area contributed by atoms with Crippen LogP contribution in [-0.4, -0.2) is 9.13 Å². The molecule has 0 N–H and O–H groups in total. The summed E-state index contributed by atoms with van der Waals surface area (Å²) < 4.78 is 5.07. The van der Waals surface area contributed by atoms with Gasteiger partial charge >= 0.3 is 0 Å². The largest absolute Gasteiger partial charge is 0.308 e. The Morgan fingerprint density at radius 3 is 1.61 bits per heavy atom. The summed E-state index contributed by atoms with van der Waals surface area (Å²) in [6.07, 6.45) is 19.4. The average Bonchev–Trinajstić information content (AvgIpc) is 3.62. The standard InChI is InChI=1S/C44H34N2/c1-3-15-29(4-2)30-26-27-37-38(28-30)44(46-41-24-13-9-18-33(41)34-19-10-14-25-42(34)46)36-21-6-5-20-35(36)43(37)45-39-22-11-7-16-31(39)32-17-8-12-23-40(32)45/h3-7,9,11-16,18,20-28H,1-2,8,10,17,19H2/b29-15+. The van der Waals surface area contributed by atoms with E-state index < -0.39 is 0 Å². The molecule has 0 radical (unpaired) electrons. The van der Waals surface area contributed by atoms with Gasteiger partial charge in [-0.25, -0.2) is 0 Å². The number of nitrogens with zero attached hydrogens (tertiary/aromatic N) is 2. The minimum atomic E-state index is 1.05. The van der Waals surface area contributed by atoms with E-state index in [9.17, 15) is 0 Å². The van der Waals surface area contributed by atoms with Crippen molar-refractivity contribution >= 4 is 61.1 Å². The highest BCUT2D eigenvalue weighted by Crippen LogP contribution is 2.45. The molecular formula is C44H34N2. The lowest BCUT2D eigenvalue weighted by molar-refractivity contribution is 0.969. The molecule has 0 saturated heterocycles. The van der Waals surface area contributed by atoms with Gasteiger partial charge < -0.3 is 9.13 Å². The van der Waals surface area contributed by atoms with Gasteiger partial charge in [-0.2, -0.15) is 0 Å². The highest BCUT2D eigenvalue weighted by Gasteiger charge is 2.26. The Hall–Kier alpha value is -5.60. The first-order chi connectivity index (χ1) is 22.8. The van der Waals surface area contributed by atoms with Crippen molar-refractivity contribution < 1.29 is 0 Å². The summed E-state index contributed by atoms with van der Waals surface area (Å²) in [6.45, 7) is 8.15. The van der Waals surface area contributed by atoms with E-state index in [1.165, 1.54) is 77.2 Å². The van der Waals surface area contributed by atoms with E-state index >= 15 is 0 Å². The minimum absolute atomic E-state index is 1.05. The van der Waals surface area contributed by atoms with Crippen molar-refractivity contribution in [2.75, 3.05) is 0 Å². The van der Waals surface area contributed by atoms with Crippen molar-refractivity contribution in [3.63, 3.8) is 0 Å². The van der Waals surface area contributed by atoms with Gasteiger partial charge in [-0.05, 0) is 78.3 Å². The van der Waals surface area contributed by atoms with Gasteiger partial charge in [-0.15, -0.1) is 0 Å². The quantitative estimate of drug-likeness (QED) is 0.139. The van der Waals surface area contributed by atoms with Crippen LogP contribution in [0.3, 0.4) is 0 Å². The molecule has 5 aromatic carbocycles. The third kappa shape index (κ3) is 3.77. The number of aromatic nitrogens is 2. The molecule has 2 nitrogen and oxygen atoms in total. The normalized spacial score (nSPS) is 14.3. The Morgan fingerprint density at radius 2 is 1.07 bits per heavy atom. The molecule has 0 unspecified atom stereocenters. The topological polar surface area (TPSA) is 9.86 Å². The van der Waals surface area contributed by atoms with Gasteiger partial charge in [0.15, 0.2) is 0 Å². The Morgan fingerprint density at radius 1 is 0.565 bits per heavy atom. The molecule has 2 heteroatoms. The van der Waals surface area contributed by atoms with E-state index in [4.69, 9.17) is 0 Å². The molecule has 0 bridgehead atoms. The summed E-state index contributed by atoms with van der Waals surface area (Å²) in [4.78, 5) is 0. The van der Waals surface area contributed by atoms with Crippen LogP contribution in [0.5, 0.6) is 0 Å². The predicted octanol–water partition coefficient (Wildman–Crippen LogP) is 11.6. The second-order valence-electron chi connectivity index (χ2n) is 12.4. The van der Waals surface area contributed by atoms with Gasteiger partial charge in [-0.3, -0.25) is 0 Å². The molecule has 0 saturated carbocycles. The van der Waals surface area contributed by atoms with Crippen LogP contribution in [0.4, 0.5) is 0 Å². The van der Waals surface area contributed by atoms with Crippen molar-refractivity contribution in [3.05, 3.63) is 163 Å². The van der Waals surface area contributed by atoms with E-state index in [0.29, 0.717) is 0 Å². The molecule has 0 spiro atoms. The summed E-state index contributed by atoms with van der Waals surface area (Å²) >= 11 is 0. The van der Waals surface area contributed by atoms with E-state index in [-0.39, 0.29) is 0 Å². The molecule has 2 aliphatic carbocycles. The summed E-state index contributed by atoms with van der Waals surface area (Å²) in [5.41, 5.74) is 12.6. The van der Waals surface area contributed by atoms with Crippen molar-refractivity contribution in [2.24, 2.45) is 0 Å². The van der Waals surface area contributed by atoms with Gasteiger partial charge in [0.25, 0.3) is 0 Å². The fraction of sp³-hybridized carbons (Fsp3) is 0.0909. The van der Waals surface area contributed by atoms with Crippen LogP contribution in [0.15, 0.2) is 135 Å². The molecule has 9 rings (SSSR count). The average molecular weight is 591 g/mol. The monoisotopic (exact) mass is 590 g/mol. The Bertz CT molecular complexity index is 2510. The smallest absolute Gasteiger partial charge is 0.0620 e. The van der Waals surface area contributed by atoms with Crippen molar-refractivity contribution in [1.82, 2.24) is 9.13 Å². The molecule has 0 fully saturated rings. The number of hydrogen-bond donors (Lipinski definition) is 0. The molecule has 2 heterocycles. The van der Waals surface area contributed by atoms with Crippen molar-refractivity contribution in [3.8, 4) is 11.4 Å². The fourth-order valence-electron chi connectivity index (χ4n) is 8.06. The van der Waals surface area contributed by atoms with Crippen LogP contribution in [0.25, 0.3) is 72.5 Å². The number of allylic oxidation sites excluding steroid dienone is 6. The first-order valence-electron chi connectivity index (χ1n) is 16.3. The highest BCUT2D eigenvalue weighted by atomic mass is 15.0. The first kappa shape index (κ1) is 26.8. The number of fused-ring (bicyclic) bond motifs is 8. The van der Waals surface area contributed by atoms with Gasteiger partial charge in [0.1, 0.15) is 0 Å². The van der Waals surface area contributed by atoms with Gasteiger partial charge in [-0.1, -0.05) is 116 Å². The zero-order valence-electron chi connectivity index (χ0n) is 25.8. The predicted molar refractivity (Wildman–Crippen MR) is 198 cm³/mol. The lowest BCUT2D eigenvalue weighted by atomic mass is 9.93. The highest BCUT2D eigenvalue weighted by molar-refractivity contribution is 6.17. The SMILES string of the molecule is C=C/C=C(\C=C)c1ccc2c(-n3c4c(c5ccccc53)CCC=C4)c3ccccc3c(-n3c4c(c5ccccc53)CCC=C4)c2c1. The van der Waals surface area contributed by atoms with Crippen molar-refractivity contribution in [2.45, 2.75) is 25.7 Å². The molecule has 0 amide bonds. The molecule has 0 aliphatic heterocycles. The second kappa shape index (κ2) is 10.5. The molecule has 7 aromatic rings. The number of para-hydroxylation sites is 2. The van der Waals surface area contributed by atoms with Gasteiger partial charge in [0, 0.05) is 43.7 Å². The van der Waals surface area contributed by atoms with Gasteiger partial charge in [0.2, 0.25) is 0 Å². The molecule has 0 atom stereocenters. The number of benzene rings is 5. The van der Waals surface area contributed by atoms with Crippen LogP contribution >= 0.6 is 0 Å². The summed E-state index contributed by atoms with van der Waals surface area (Å²) in [5.74, 6) is 0. The number of hydrogen-bond acceptors (Lipinski definition) is 0. The first-order valence-corrected chi connectivity index (χ1v) is 16.3.